The quantitative estimate of drug-likeness (QED) is 0.0884. The highest BCUT2D eigenvalue weighted by atomic mass is 32.2. The molecule has 0 atom stereocenters. The second-order valence-corrected chi connectivity index (χ2v) is 16.1. The maximum atomic E-state index is 12.7. The number of hydrogen-bond donors (Lipinski definition) is 0. The van der Waals surface area contributed by atoms with Gasteiger partial charge in [-0.15, -0.1) is 0 Å². The number of benzene rings is 2. The van der Waals surface area contributed by atoms with Crippen molar-refractivity contribution < 1.29 is 66.4 Å². The van der Waals surface area contributed by atoms with E-state index in [0.29, 0.717) is 159 Å². The Bertz CT molecular complexity index is 1480. The van der Waals surface area contributed by atoms with Crippen LogP contribution in [-0.2, 0) is 66.4 Å². The number of piperazine rings is 1. The predicted molar refractivity (Wildman–Crippen MR) is 248 cm³/mol. The minimum absolute atomic E-state index is 0.0355. The average molecular weight is 940 g/mol. The third kappa shape index (κ3) is 25.4. The Kier molecular flexibility index (Phi) is 31.8. The van der Waals surface area contributed by atoms with Crippen molar-refractivity contribution in [1.82, 2.24) is 9.80 Å². The Morgan fingerprint density at radius 3 is 1.32 bits per heavy atom. The van der Waals surface area contributed by atoms with Gasteiger partial charge in [-0.2, -0.15) is 0 Å². The van der Waals surface area contributed by atoms with E-state index in [9.17, 15) is 4.79 Å². The second-order valence-electron chi connectivity index (χ2n) is 15.1. The molecule has 4 rings (SSSR count). The van der Waals surface area contributed by atoms with Crippen LogP contribution in [0.2, 0.25) is 0 Å². The number of fused-ring (bicyclic) bond motifs is 2. The molecule has 18 heteroatoms. The van der Waals surface area contributed by atoms with Crippen molar-refractivity contribution in [3.8, 4) is 0 Å². The highest BCUT2D eigenvalue weighted by molar-refractivity contribution is 7.99. The fourth-order valence-corrected chi connectivity index (χ4v) is 7.74. The molecule has 2 heterocycles. The van der Waals surface area contributed by atoms with Crippen LogP contribution in [-0.4, -0.2) is 227 Å². The smallest absolute Gasteiger partial charge is 0.248 e. The summed E-state index contributed by atoms with van der Waals surface area (Å²) < 4.78 is 70.9. The zero-order valence-corrected chi connectivity index (χ0v) is 40.0. The lowest BCUT2D eigenvalue weighted by molar-refractivity contribution is -0.138. The van der Waals surface area contributed by atoms with Crippen molar-refractivity contribution in [2.24, 2.45) is 0 Å². The van der Waals surface area contributed by atoms with Crippen LogP contribution in [0.15, 0.2) is 52.3 Å². The molecule has 0 radical (unpaired) electrons. The molecule has 0 unspecified atom stereocenters. The predicted octanol–water partition coefficient (Wildman–Crippen LogP) is 3.98. The molecule has 0 spiro atoms. The van der Waals surface area contributed by atoms with Gasteiger partial charge in [-0.3, -0.25) is 9.69 Å². The number of hydrogen-bond acceptors (Lipinski definition) is 17. The molecule has 2 aliphatic rings. The number of carbonyl (C=O) groups is 1. The number of amides is 1. The van der Waals surface area contributed by atoms with Crippen molar-refractivity contribution in [1.29, 1.82) is 0 Å². The highest BCUT2D eigenvalue weighted by Crippen LogP contribution is 2.48. The lowest BCUT2D eigenvalue weighted by atomic mass is 10.1. The summed E-state index contributed by atoms with van der Waals surface area (Å²) in [5, 5.41) is 0. The molecule has 2 aromatic rings. The molecule has 1 fully saturated rings. The molecule has 0 N–H and O–H groups in total. The van der Waals surface area contributed by atoms with Gasteiger partial charge in [-0.05, 0) is 49.7 Å². The fraction of sp³-hybridized carbons (Fsp3) is 0.723. The van der Waals surface area contributed by atoms with Gasteiger partial charge in [0.2, 0.25) is 5.91 Å². The van der Waals surface area contributed by atoms with E-state index in [2.05, 4.69) is 59.2 Å². The number of methoxy groups -OCH3 is 1. The number of aryl methyl sites for hydroxylation is 1. The van der Waals surface area contributed by atoms with Crippen LogP contribution in [0.25, 0.3) is 0 Å². The fourth-order valence-electron chi connectivity index (χ4n) is 6.67. The molecule has 0 bridgehead atoms. The molecule has 1 saturated heterocycles. The standard InChI is InChI=1S/C47H77N3O14S/c1-42-8-9-46-44(40-42)50(43-6-3-4-7-45(43)65-46)11-5-10-48-12-14-49(15-13-48)47(51)41-64-39-38-63-37-36-62-35-34-61-33-32-60-31-30-59-29-28-58-27-26-57-25-24-56-23-22-55-21-20-54-19-18-53-17-16-52-2/h3-4,6-9,40H,5,10-39,41H2,1-2H3. The summed E-state index contributed by atoms with van der Waals surface area (Å²) in [7, 11) is 1.65. The molecule has 0 aliphatic carbocycles. The van der Waals surface area contributed by atoms with Gasteiger partial charge < -0.3 is 71.4 Å². The van der Waals surface area contributed by atoms with Gasteiger partial charge in [0.25, 0.3) is 0 Å². The minimum Gasteiger partial charge on any atom is -0.382 e. The van der Waals surface area contributed by atoms with E-state index in [1.54, 1.807) is 7.11 Å². The van der Waals surface area contributed by atoms with Crippen molar-refractivity contribution in [3.05, 3.63) is 48.0 Å². The summed E-state index contributed by atoms with van der Waals surface area (Å²) in [6.45, 7) is 19.4. The Morgan fingerprint density at radius 1 is 0.477 bits per heavy atom. The van der Waals surface area contributed by atoms with E-state index in [-0.39, 0.29) is 12.5 Å². The number of para-hydroxylation sites is 1. The molecule has 65 heavy (non-hydrogen) atoms. The lowest BCUT2D eigenvalue weighted by Crippen LogP contribution is -2.50. The van der Waals surface area contributed by atoms with E-state index < -0.39 is 0 Å². The van der Waals surface area contributed by atoms with Gasteiger partial charge in [0.15, 0.2) is 0 Å². The van der Waals surface area contributed by atoms with Crippen LogP contribution in [0.4, 0.5) is 11.4 Å². The molecule has 2 aromatic carbocycles. The zero-order valence-electron chi connectivity index (χ0n) is 39.1. The minimum atomic E-state index is 0.0355. The molecule has 2 aliphatic heterocycles. The third-order valence-electron chi connectivity index (χ3n) is 10.1. The molecular formula is C47H77N3O14S. The zero-order chi connectivity index (χ0) is 45.7. The number of nitrogens with zero attached hydrogens (tertiary/aromatic N) is 3. The van der Waals surface area contributed by atoms with Crippen molar-refractivity contribution in [3.63, 3.8) is 0 Å². The number of rotatable bonds is 42. The summed E-state index contributed by atoms with van der Waals surface area (Å²) in [5.41, 5.74) is 3.86. The first-order valence-electron chi connectivity index (χ1n) is 23.2. The van der Waals surface area contributed by atoms with Gasteiger partial charge in [0.1, 0.15) is 6.61 Å². The Morgan fingerprint density at radius 2 is 0.877 bits per heavy atom. The summed E-state index contributed by atoms with van der Waals surface area (Å²) in [5.74, 6) is 0.0355. The van der Waals surface area contributed by atoms with E-state index >= 15 is 0 Å². The first-order valence-corrected chi connectivity index (χ1v) is 24.0. The van der Waals surface area contributed by atoms with Crippen molar-refractivity contribution >= 4 is 29.0 Å². The second kappa shape index (κ2) is 37.5. The SMILES string of the molecule is COCCOCCOCCOCCOCCOCCOCCOCCOCCOCCOCCOCCOCC(=O)N1CCN(CCCN2c3ccccc3Sc3ccc(C)cc32)CC1. The topological polar surface area (TPSA) is 147 Å². The highest BCUT2D eigenvalue weighted by Gasteiger charge is 2.24. The maximum Gasteiger partial charge on any atom is 0.248 e. The van der Waals surface area contributed by atoms with Crippen molar-refractivity contribution in [2.45, 2.75) is 23.1 Å². The summed E-state index contributed by atoms with van der Waals surface area (Å²) in [6.07, 6.45) is 1.05. The molecule has 17 nitrogen and oxygen atoms in total. The van der Waals surface area contributed by atoms with Crippen molar-refractivity contribution in [2.75, 3.05) is 216 Å². The number of ether oxygens (including phenoxy) is 13. The monoisotopic (exact) mass is 940 g/mol. The van der Waals surface area contributed by atoms with Crippen LogP contribution in [0, 0.1) is 6.92 Å². The normalized spacial score (nSPS) is 14.0. The molecular weight excluding hydrogens is 863 g/mol. The van der Waals surface area contributed by atoms with Crippen LogP contribution < -0.4 is 4.90 Å². The lowest BCUT2D eigenvalue weighted by Gasteiger charge is -2.36. The van der Waals surface area contributed by atoms with Gasteiger partial charge in [-0.25, -0.2) is 0 Å². The summed E-state index contributed by atoms with van der Waals surface area (Å²) >= 11 is 1.85. The van der Waals surface area contributed by atoms with Gasteiger partial charge in [0, 0.05) is 49.6 Å². The van der Waals surface area contributed by atoms with Crippen LogP contribution >= 0.6 is 11.8 Å². The van der Waals surface area contributed by atoms with E-state index in [4.69, 9.17) is 61.6 Å². The van der Waals surface area contributed by atoms with E-state index in [0.717, 1.165) is 45.7 Å². The molecule has 0 aromatic heterocycles. The van der Waals surface area contributed by atoms with Gasteiger partial charge in [-0.1, -0.05) is 30.0 Å². The first kappa shape index (κ1) is 55.1. The van der Waals surface area contributed by atoms with E-state index in [1.165, 1.54) is 26.7 Å². The largest absolute Gasteiger partial charge is 0.382 e. The molecule has 370 valence electrons. The number of carbonyl (C=O) groups excluding carboxylic acids is 1. The maximum absolute atomic E-state index is 12.7. The Labute approximate surface area is 391 Å². The van der Waals surface area contributed by atoms with E-state index in [1.807, 2.05) is 16.7 Å². The average Bonchev–Trinajstić information content (AvgIpc) is 3.32. The Balaban J connectivity index is 0.807. The van der Waals surface area contributed by atoms with Gasteiger partial charge >= 0.3 is 0 Å². The molecule has 1 amide bonds. The molecule has 0 saturated carbocycles. The van der Waals surface area contributed by atoms with Gasteiger partial charge in [0.05, 0.1) is 170 Å². The van der Waals surface area contributed by atoms with Crippen LogP contribution in [0.1, 0.15) is 12.0 Å². The summed E-state index contributed by atoms with van der Waals surface area (Å²) in [4.78, 5) is 22.2. The third-order valence-corrected chi connectivity index (χ3v) is 11.2. The number of anilines is 2. The van der Waals surface area contributed by atoms with Crippen LogP contribution in [0.3, 0.4) is 0 Å². The summed E-state index contributed by atoms with van der Waals surface area (Å²) in [6, 6.07) is 15.4. The van der Waals surface area contributed by atoms with Crippen LogP contribution in [0.5, 0.6) is 0 Å². The first-order chi connectivity index (χ1) is 32.2. The Hall–Kier alpha value is -2.50.